The predicted octanol–water partition coefficient (Wildman–Crippen LogP) is 4.20. The molecule has 2 aromatic carbocycles. The molecule has 3 nitrogen and oxygen atoms in total. The fourth-order valence-corrected chi connectivity index (χ4v) is 2.61. The van der Waals surface area contributed by atoms with Crippen LogP contribution in [0.1, 0.15) is 10.4 Å². The van der Waals surface area contributed by atoms with Gasteiger partial charge in [0.15, 0.2) is 0 Å². The van der Waals surface area contributed by atoms with E-state index >= 15 is 0 Å². The number of fused-ring (bicyclic) bond motifs is 1. The highest BCUT2D eigenvalue weighted by Crippen LogP contribution is 2.26. The topological polar surface area (TPSA) is 50.2 Å². The number of carbonyl (C=O) groups is 1. The molecule has 3 rings (SSSR count). The number of hydrogen-bond donors (Lipinski definition) is 1. The average molecular weight is 375 g/mol. The van der Waals surface area contributed by atoms with Crippen molar-refractivity contribution in [2.45, 2.75) is 0 Å². The summed E-state index contributed by atoms with van der Waals surface area (Å²) < 4.78 is 1.03. The first-order chi connectivity index (χ1) is 9.65. The van der Waals surface area contributed by atoms with E-state index in [-0.39, 0.29) is 5.56 Å². The SMILES string of the molecule is O=C(O)c1cc(-c2ccccc2)nc2cc(I)ccc12. The molecular formula is C16H10INO2. The van der Waals surface area contributed by atoms with Crippen LogP contribution in [0.15, 0.2) is 54.6 Å². The highest BCUT2D eigenvalue weighted by Gasteiger charge is 2.12. The van der Waals surface area contributed by atoms with Crippen molar-refractivity contribution in [3.63, 3.8) is 0 Å². The summed E-state index contributed by atoms with van der Waals surface area (Å²) in [5, 5.41) is 10.1. The maximum atomic E-state index is 11.5. The van der Waals surface area contributed by atoms with Gasteiger partial charge < -0.3 is 5.11 Å². The van der Waals surface area contributed by atoms with Gasteiger partial charge in [0.25, 0.3) is 0 Å². The Labute approximate surface area is 129 Å². The van der Waals surface area contributed by atoms with Gasteiger partial charge >= 0.3 is 5.97 Å². The predicted molar refractivity (Wildman–Crippen MR) is 86.9 cm³/mol. The van der Waals surface area contributed by atoms with Crippen LogP contribution >= 0.6 is 22.6 Å². The van der Waals surface area contributed by atoms with Crippen LogP contribution in [0.25, 0.3) is 22.2 Å². The third-order valence-corrected chi connectivity index (χ3v) is 3.74. The van der Waals surface area contributed by atoms with Gasteiger partial charge in [-0.15, -0.1) is 0 Å². The lowest BCUT2D eigenvalue weighted by Crippen LogP contribution is -2.00. The Morgan fingerprint density at radius 3 is 2.50 bits per heavy atom. The van der Waals surface area contributed by atoms with Crippen LogP contribution in [0.4, 0.5) is 0 Å². The van der Waals surface area contributed by atoms with Crippen molar-refractivity contribution < 1.29 is 9.90 Å². The Kier molecular flexibility index (Phi) is 3.40. The van der Waals surface area contributed by atoms with Crippen LogP contribution in [-0.2, 0) is 0 Å². The van der Waals surface area contributed by atoms with Crippen molar-refractivity contribution in [1.82, 2.24) is 4.98 Å². The molecule has 0 saturated heterocycles. The van der Waals surface area contributed by atoms with Crippen molar-refractivity contribution in [3.05, 3.63) is 63.7 Å². The molecule has 98 valence electrons. The number of aromatic nitrogens is 1. The molecule has 0 aliphatic heterocycles. The van der Waals surface area contributed by atoms with Crippen molar-refractivity contribution in [2.24, 2.45) is 0 Å². The standard InChI is InChI=1S/C16H10INO2/c17-11-6-7-12-13(16(19)20)9-14(18-15(12)8-11)10-4-2-1-3-5-10/h1-9H,(H,19,20). The monoisotopic (exact) mass is 375 g/mol. The van der Waals surface area contributed by atoms with E-state index in [1.54, 1.807) is 6.07 Å². The zero-order valence-electron chi connectivity index (χ0n) is 10.4. The van der Waals surface area contributed by atoms with Crippen molar-refractivity contribution in [2.75, 3.05) is 0 Å². The zero-order valence-corrected chi connectivity index (χ0v) is 12.5. The smallest absolute Gasteiger partial charge is 0.336 e. The van der Waals surface area contributed by atoms with E-state index in [0.29, 0.717) is 16.6 Å². The number of hydrogen-bond acceptors (Lipinski definition) is 2. The minimum absolute atomic E-state index is 0.283. The van der Waals surface area contributed by atoms with Gasteiger partial charge in [0.1, 0.15) is 0 Å². The molecular weight excluding hydrogens is 365 g/mol. The first kappa shape index (κ1) is 13.1. The Balaban J connectivity index is 2.32. The second kappa shape index (κ2) is 5.20. The largest absolute Gasteiger partial charge is 0.478 e. The second-order valence-electron chi connectivity index (χ2n) is 4.39. The molecule has 20 heavy (non-hydrogen) atoms. The number of rotatable bonds is 2. The minimum atomic E-state index is -0.934. The molecule has 1 heterocycles. The molecule has 0 bridgehead atoms. The van der Waals surface area contributed by atoms with Gasteiger partial charge in [0, 0.05) is 14.5 Å². The Hall–Kier alpha value is -1.95. The fourth-order valence-electron chi connectivity index (χ4n) is 2.14. The molecule has 0 unspecified atom stereocenters. The maximum Gasteiger partial charge on any atom is 0.336 e. The van der Waals surface area contributed by atoms with E-state index in [2.05, 4.69) is 27.6 Å². The van der Waals surface area contributed by atoms with Gasteiger partial charge in [-0.3, -0.25) is 0 Å². The number of benzene rings is 2. The van der Waals surface area contributed by atoms with Crippen LogP contribution in [0.2, 0.25) is 0 Å². The lowest BCUT2D eigenvalue weighted by atomic mass is 10.0. The lowest BCUT2D eigenvalue weighted by Gasteiger charge is -2.07. The van der Waals surface area contributed by atoms with E-state index < -0.39 is 5.97 Å². The van der Waals surface area contributed by atoms with Crippen molar-refractivity contribution in [3.8, 4) is 11.3 Å². The lowest BCUT2D eigenvalue weighted by molar-refractivity contribution is 0.0699. The number of pyridine rings is 1. The summed E-state index contributed by atoms with van der Waals surface area (Å²) >= 11 is 2.20. The quantitative estimate of drug-likeness (QED) is 0.683. The first-order valence-electron chi connectivity index (χ1n) is 6.04. The van der Waals surface area contributed by atoms with Crippen LogP contribution in [-0.4, -0.2) is 16.1 Å². The van der Waals surface area contributed by atoms with E-state index in [9.17, 15) is 9.90 Å². The fraction of sp³-hybridized carbons (Fsp3) is 0. The summed E-state index contributed by atoms with van der Waals surface area (Å²) in [6, 6.07) is 16.8. The molecule has 0 radical (unpaired) electrons. The highest BCUT2D eigenvalue weighted by molar-refractivity contribution is 14.1. The number of carboxylic acid groups (broad SMARTS) is 1. The molecule has 0 aliphatic rings. The van der Waals surface area contributed by atoms with Crippen LogP contribution in [0.3, 0.4) is 0 Å². The first-order valence-corrected chi connectivity index (χ1v) is 7.12. The summed E-state index contributed by atoms with van der Waals surface area (Å²) in [4.78, 5) is 16.0. The van der Waals surface area contributed by atoms with Crippen molar-refractivity contribution >= 4 is 39.5 Å². The second-order valence-corrected chi connectivity index (χ2v) is 5.63. The number of nitrogens with zero attached hydrogens (tertiary/aromatic N) is 1. The molecule has 0 saturated carbocycles. The molecule has 1 aromatic heterocycles. The van der Waals surface area contributed by atoms with E-state index in [4.69, 9.17) is 0 Å². The van der Waals surface area contributed by atoms with Gasteiger partial charge in [-0.05, 0) is 40.8 Å². The Bertz CT molecular complexity index is 800. The Morgan fingerprint density at radius 1 is 1.05 bits per heavy atom. The molecule has 0 fully saturated rings. The van der Waals surface area contributed by atoms with Crippen LogP contribution in [0, 0.1) is 3.57 Å². The molecule has 0 aliphatic carbocycles. The minimum Gasteiger partial charge on any atom is -0.478 e. The molecule has 4 heteroatoms. The van der Waals surface area contributed by atoms with Gasteiger partial charge in [-0.25, -0.2) is 9.78 Å². The van der Waals surface area contributed by atoms with Gasteiger partial charge in [-0.1, -0.05) is 36.4 Å². The van der Waals surface area contributed by atoms with Crippen LogP contribution < -0.4 is 0 Å². The van der Waals surface area contributed by atoms with E-state index in [0.717, 1.165) is 9.13 Å². The van der Waals surface area contributed by atoms with Crippen LogP contribution in [0.5, 0.6) is 0 Å². The van der Waals surface area contributed by atoms with Gasteiger partial charge in [0.05, 0.1) is 16.8 Å². The summed E-state index contributed by atoms with van der Waals surface area (Å²) in [6.07, 6.45) is 0. The van der Waals surface area contributed by atoms with E-state index in [1.165, 1.54) is 0 Å². The summed E-state index contributed by atoms with van der Waals surface area (Å²) in [5.41, 5.74) is 2.58. The third-order valence-electron chi connectivity index (χ3n) is 3.07. The van der Waals surface area contributed by atoms with Crippen molar-refractivity contribution in [1.29, 1.82) is 0 Å². The van der Waals surface area contributed by atoms with Gasteiger partial charge in [-0.2, -0.15) is 0 Å². The third kappa shape index (κ3) is 2.38. The number of carboxylic acids is 1. The molecule has 0 spiro atoms. The highest BCUT2D eigenvalue weighted by atomic mass is 127. The molecule has 0 amide bonds. The summed E-state index contributed by atoms with van der Waals surface area (Å²) in [5.74, 6) is -0.934. The maximum absolute atomic E-state index is 11.5. The number of aromatic carboxylic acids is 1. The number of halogens is 1. The zero-order chi connectivity index (χ0) is 14.1. The van der Waals surface area contributed by atoms with E-state index in [1.807, 2.05) is 48.5 Å². The summed E-state index contributed by atoms with van der Waals surface area (Å²) in [6.45, 7) is 0. The van der Waals surface area contributed by atoms with Gasteiger partial charge in [0.2, 0.25) is 0 Å². The molecule has 1 N–H and O–H groups in total. The summed E-state index contributed by atoms with van der Waals surface area (Å²) in [7, 11) is 0. The molecule has 3 aromatic rings. The Morgan fingerprint density at radius 2 is 1.80 bits per heavy atom. The average Bonchev–Trinajstić information content (AvgIpc) is 2.46. The molecule has 0 atom stereocenters. The normalized spacial score (nSPS) is 10.7.